The molecule has 1 heterocycles. The molecule has 0 unspecified atom stereocenters. The average Bonchev–Trinajstić information content (AvgIpc) is 3.00. The Hall–Kier alpha value is -2.78. The van der Waals surface area contributed by atoms with E-state index < -0.39 is 18.0 Å². The number of esters is 2. The molecule has 6 heteroatoms. The van der Waals surface area contributed by atoms with Gasteiger partial charge in [-0.3, -0.25) is 0 Å². The highest BCUT2D eigenvalue weighted by Gasteiger charge is 2.31. The van der Waals surface area contributed by atoms with E-state index >= 15 is 0 Å². The third kappa shape index (κ3) is 3.42. The van der Waals surface area contributed by atoms with E-state index in [9.17, 15) is 14.9 Å². The van der Waals surface area contributed by atoms with Crippen LogP contribution in [0.4, 0.5) is 0 Å². The quantitative estimate of drug-likeness (QED) is 0.796. The maximum atomic E-state index is 12.4. The molecule has 0 radical (unpaired) electrons. The van der Waals surface area contributed by atoms with Crippen molar-refractivity contribution in [2.45, 2.75) is 22.3 Å². The maximum Gasteiger partial charge on any atom is 0.347 e. The van der Waals surface area contributed by atoms with Crippen molar-refractivity contribution in [3.05, 3.63) is 59.7 Å². The summed E-state index contributed by atoms with van der Waals surface area (Å²) < 4.78 is 10.1. The van der Waals surface area contributed by atoms with Gasteiger partial charge >= 0.3 is 11.9 Å². The molecule has 1 aliphatic heterocycles. The van der Waals surface area contributed by atoms with Gasteiger partial charge in [0.2, 0.25) is 6.10 Å². The van der Waals surface area contributed by atoms with Crippen LogP contribution >= 0.6 is 11.8 Å². The van der Waals surface area contributed by atoms with Crippen LogP contribution in [0.15, 0.2) is 58.3 Å². The number of carbonyl (C=O) groups excluding carboxylic acids is 2. The monoisotopic (exact) mass is 339 g/mol. The summed E-state index contributed by atoms with van der Waals surface area (Å²) in [6.45, 7) is 0.267. The van der Waals surface area contributed by atoms with E-state index in [0.29, 0.717) is 22.4 Å². The fraction of sp³-hybridized carbons (Fsp3) is 0.167. The predicted octanol–water partition coefficient (Wildman–Crippen LogP) is 3.18. The summed E-state index contributed by atoms with van der Waals surface area (Å²) in [5, 5.41) is 9.19. The van der Waals surface area contributed by atoms with E-state index in [1.54, 1.807) is 36.4 Å². The van der Waals surface area contributed by atoms with Gasteiger partial charge in [0.05, 0.1) is 17.7 Å². The van der Waals surface area contributed by atoms with Gasteiger partial charge in [-0.2, -0.15) is 5.26 Å². The van der Waals surface area contributed by atoms with E-state index in [4.69, 9.17) is 9.47 Å². The van der Waals surface area contributed by atoms with Gasteiger partial charge < -0.3 is 9.47 Å². The molecule has 1 fully saturated rings. The van der Waals surface area contributed by atoms with Crippen LogP contribution < -0.4 is 0 Å². The Morgan fingerprint density at radius 1 is 1.17 bits per heavy atom. The largest absolute Gasteiger partial charge is 0.463 e. The average molecular weight is 339 g/mol. The Labute approximate surface area is 143 Å². The number of ether oxygens (including phenoxy) is 2. The lowest BCUT2D eigenvalue weighted by atomic mass is 10.2. The minimum atomic E-state index is -0.845. The Balaban J connectivity index is 1.84. The van der Waals surface area contributed by atoms with Gasteiger partial charge in [0.15, 0.2) is 0 Å². The second kappa shape index (κ2) is 7.20. The van der Waals surface area contributed by atoms with E-state index in [1.165, 1.54) is 11.8 Å². The van der Waals surface area contributed by atoms with E-state index in [1.807, 2.05) is 12.1 Å². The van der Waals surface area contributed by atoms with Crippen molar-refractivity contribution in [1.29, 1.82) is 5.26 Å². The highest BCUT2D eigenvalue weighted by Crippen LogP contribution is 2.33. The molecular formula is C18H13NO4S. The van der Waals surface area contributed by atoms with Crippen LogP contribution in [0.25, 0.3) is 0 Å². The van der Waals surface area contributed by atoms with Crippen molar-refractivity contribution < 1.29 is 19.1 Å². The minimum Gasteiger partial charge on any atom is -0.463 e. The zero-order valence-corrected chi connectivity index (χ0v) is 13.4. The van der Waals surface area contributed by atoms with Gasteiger partial charge in [-0.05, 0) is 24.3 Å². The summed E-state index contributed by atoms with van der Waals surface area (Å²) in [5.41, 5.74) is 0.889. The predicted molar refractivity (Wildman–Crippen MR) is 86.5 cm³/mol. The van der Waals surface area contributed by atoms with E-state index in [0.717, 1.165) is 4.90 Å². The molecule has 0 saturated carbocycles. The Morgan fingerprint density at radius 2 is 1.88 bits per heavy atom. The Morgan fingerprint density at radius 3 is 2.58 bits per heavy atom. The third-order valence-electron chi connectivity index (χ3n) is 3.47. The zero-order chi connectivity index (χ0) is 16.9. The second-order valence-corrected chi connectivity index (χ2v) is 6.14. The fourth-order valence-electron chi connectivity index (χ4n) is 2.27. The molecule has 0 amide bonds. The molecule has 3 rings (SSSR count). The first kappa shape index (κ1) is 16.1. The highest BCUT2D eigenvalue weighted by molar-refractivity contribution is 7.99. The number of hydrogen-bond donors (Lipinski definition) is 0. The molecular weight excluding hydrogens is 326 g/mol. The van der Waals surface area contributed by atoms with Crippen molar-refractivity contribution in [1.82, 2.24) is 0 Å². The van der Waals surface area contributed by atoms with Gasteiger partial charge in [0, 0.05) is 16.2 Å². The number of nitriles is 1. The lowest BCUT2D eigenvalue weighted by molar-refractivity contribution is -0.145. The third-order valence-corrected chi connectivity index (χ3v) is 4.62. The lowest BCUT2D eigenvalue weighted by Crippen LogP contribution is -2.23. The van der Waals surface area contributed by atoms with Crippen LogP contribution in [-0.4, -0.2) is 24.6 Å². The van der Waals surface area contributed by atoms with E-state index in [2.05, 4.69) is 6.07 Å². The smallest absolute Gasteiger partial charge is 0.347 e. The molecule has 1 atom stereocenters. The first-order valence-electron chi connectivity index (χ1n) is 7.32. The molecule has 0 N–H and O–H groups in total. The van der Waals surface area contributed by atoms with Crippen molar-refractivity contribution in [2.75, 3.05) is 6.61 Å². The van der Waals surface area contributed by atoms with Crippen LogP contribution in [0.3, 0.4) is 0 Å². The van der Waals surface area contributed by atoms with Gasteiger partial charge in [-0.1, -0.05) is 36.0 Å². The van der Waals surface area contributed by atoms with Crippen molar-refractivity contribution in [3.8, 4) is 6.07 Å². The summed E-state index contributed by atoms with van der Waals surface area (Å²) in [6.07, 6.45) is -0.473. The van der Waals surface area contributed by atoms with Gasteiger partial charge in [-0.15, -0.1) is 0 Å². The number of hydrogen-bond acceptors (Lipinski definition) is 6. The molecule has 2 aromatic rings. The Bertz CT molecular complexity index is 828. The van der Waals surface area contributed by atoms with Crippen LogP contribution in [0.5, 0.6) is 0 Å². The second-order valence-electron chi connectivity index (χ2n) is 5.06. The van der Waals surface area contributed by atoms with Crippen molar-refractivity contribution in [3.63, 3.8) is 0 Å². The molecule has 2 aromatic carbocycles. The van der Waals surface area contributed by atoms with E-state index in [-0.39, 0.29) is 6.61 Å². The number of benzene rings is 2. The first-order chi connectivity index (χ1) is 11.7. The molecule has 0 spiro atoms. The number of carbonyl (C=O) groups is 2. The van der Waals surface area contributed by atoms with Gasteiger partial charge in [0.1, 0.15) is 6.07 Å². The molecule has 1 aliphatic rings. The van der Waals surface area contributed by atoms with Crippen LogP contribution in [-0.2, 0) is 14.3 Å². The van der Waals surface area contributed by atoms with Crippen molar-refractivity contribution >= 4 is 23.7 Å². The first-order valence-corrected chi connectivity index (χ1v) is 8.14. The Kier molecular flexibility index (Phi) is 4.82. The maximum absolute atomic E-state index is 12.4. The number of rotatable bonds is 4. The molecule has 0 aliphatic carbocycles. The van der Waals surface area contributed by atoms with Gasteiger partial charge in [-0.25, -0.2) is 9.59 Å². The van der Waals surface area contributed by atoms with Crippen LogP contribution in [0.1, 0.15) is 22.3 Å². The highest BCUT2D eigenvalue weighted by atomic mass is 32.2. The number of cyclic esters (lactones) is 1. The SMILES string of the molecule is N#Cc1ccccc1Sc1ccccc1C(=O)O[C@H]1CCOC1=O. The van der Waals surface area contributed by atoms with Crippen LogP contribution in [0, 0.1) is 11.3 Å². The standard InChI is InChI=1S/C18H13NO4S/c19-11-12-5-1-3-7-15(12)24-16-8-4-2-6-13(16)17(20)23-14-9-10-22-18(14)21/h1-8,14H,9-10H2/t14-/m0/s1. The minimum absolute atomic E-state index is 0.267. The molecule has 1 saturated heterocycles. The molecule has 0 aromatic heterocycles. The summed E-state index contributed by atoms with van der Waals surface area (Å²) in [6, 6.07) is 16.2. The zero-order valence-electron chi connectivity index (χ0n) is 12.6. The van der Waals surface area contributed by atoms with Crippen LogP contribution in [0.2, 0.25) is 0 Å². The lowest BCUT2D eigenvalue weighted by Gasteiger charge is -2.12. The normalized spacial score (nSPS) is 16.3. The topological polar surface area (TPSA) is 76.4 Å². The summed E-state index contributed by atoms with van der Waals surface area (Å²) in [5.74, 6) is -1.08. The summed E-state index contributed by atoms with van der Waals surface area (Å²) in [4.78, 5) is 25.3. The number of nitrogens with zero attached hydrogens (tertiary/aromatic N) is 1. The van der Waals surface area contributed by atoms with Gasteiger partial charge in [0.25, 0.3) is 0 Å². The molecule has 24 heavy (non-hydrogen) atoms. The van der Waals surface area contributed by atoms with Crippen molar-refractivity contribution in [2.24, 2.45) is 0 Å². The summed E-state index contributed by atoms with van der Waals surface area (Å²) in [7, 11) is 0. The fourth-order valence-corrected chi connectivity index (χ4v) is 3.28. The molecule has 0 bridgehead atoms. The molecule has 120 valence electrons. The molecule has 5 nitrogen and oxygen atoms in total. The summed E-state index contributed by atoms with van der Waals surface area (Å²) >= 11 is 1.31.